The van der Waals surface area contributed by atoms with Crippen LogP contribution in [0.1, 0.15) is 36.9 Å². The molecule has 35 heavy (non-hydrogen) atoms. The molecule has 2 N–H and O–H groups in total. The van der Waals surface area contributed by atoms with Gasteiger partial charge in [0.05, 0.1) is 11.1 Å². The van der Waals surface area contributed by atoms with Gasteiger partial charge in [-0.05, 0) is 44.0 Å². The van der Waals surface area contributed by atoms with Gasteiger partial charge in [-0.3, -0.25) is 4.79 Å². The second-order valence-electron chi connectivity index (χ2n) is 8.98. The van der Waals surface area contributed by atoms with Gasteiger partial charge in [0.25, 0.3) is 5.91 Å². The third kappa shape index (κ3) is 3.70. The van der Waals surface area contributed by atoms with E-state index in [4.69, 9.17) is 9.47 Å². The lowest BCUT2D eigenvalue weighted by Gasteiger charge is -2.47. The van der Waals surface area contributed by atoms with Crippen molar-refractivity contribution < 1.29 is 37.1 Å². The lowest BCUT2D eigenvalue weighted by Crippen LogP contribution is -2.59. The van der Waals surface area contributed by atoms with Gasteiger partial charge in [-0.25, -0.2) is 4.79 Å². The number of amides is 1. The van der Waals surface area contributed by atoms with Crippen LogP contribution >= 0.6 is 0 Å². The second-order valence-corrected chi connectivity index (χ2v) is 8.98. The van der Waals surface area contributed by atoms with Gasteiger partial charge in [-0.1, -0.05) is 23.7 Å². The summed E-state index contributed by atoms with van der Waals surface area (Å²) in [6.45, 7) is 1.49. The van der Waals surface area contributed by atoms with Crippen molar-refractivity contribution in [3.05, 3.63) is 58.1 Å². The first kappa shape index (κ1) is 23.2. The Morgan fingerprint density at radius 3 is 2.63 bits per heavy atom. The molecule has 0 saturated heterocycles. The Balaban J connectivity index is 1.50. The summed E-state index contributed by atoms with van der Waals surface area (Å²) in [7, 11) is 0. The van der Waals surface area contributed by atoms with Crippen LogP contribution in [-0.2, 0) is 10.2 Å². The molecule has 0 radical (unpaired) electrons. The van der Waals surface area contributed by atoms with Crippen LogP contribution in [0.15, 0.2) is 45.7 Å². The number of anilines is 1. The summed E-state index contributed by atoms with van der Waals surface area (Å²) in [6.07, 6.45) is -4.82. The van der Waals surface area contributed by atoms with Gasteiger partial charge in [0.2, 0.25) is 12.4 Å². The number of para-hydroxylation sites is 1. The van der Waals surface area contributed by atoms with E-state index >= 15 is 0 Å². The molecule has 2 aromatic carbocycles. The van der Waals surface area contributed by atoms with E-state index in [2.05, 4.69) is 15.0 Å². The number of rotatable bonds is 5. The Labute approximate surface area is 196 Å². The number of benzene rings is 2. The first-order valence-electron chi connectivity index (χ1n) is 10.9. The molecule has 1 aromatic heterocycles. The molecular weight excluding hydrogens is 469 g/mol. The van der Waals surface area contributed by atoms with Crippen LogP contribution in [-0.4, -0.2) is 34.7 Å². The summed E-state index contributed by atoms with van der Waals surface area (Å²) in [5.74, 6) is -0.860. The topological polar surface area (TPSA) is 111 Å². The van der Waals surface area contributed by atoms with E-state index in [9.17, 15) is 27.9 Å². The highest BCUT2D eigenvalue weighted by molar-refractivity contribution is 6.00. The summed E-state index contributed by atoms with van der Waals surface area (Å²) < 4.78 is 58.3. The number of nitrogens with one attached hydrogen (secondary N) is 1. The van der Waals surface area contributed by atoms with E-state index < -0.39 is 35.1 Å². The molecule has 2 aliphatic rings. The average Bonchev–Trinajstić information content (AvgIpc) is 3.27. The fourth-order valence-corrected chi connectivity index (χ4v) is 4.83. The Bertz CT molecular complexity index is 1380. The Morgan fingerprint density at radius 1 is 1.17 bits per heavy atom. The Morgan fingerprint density at radius 2 is 1.94 bits per heavy atom. The molecule has 1 unspecified atom stereocenters. The average molecular weight is 490 g/mol. The number of aryl methyl sites for hydroxylation is 1. The molecule has 2 heterocycles. The summed E-state index contributed by atoms with van der Waals surface area (Å²) >= 11 is 0. The molecule has 1 aliphatic carbocycles. The minimum Gasteiger partial charge on any atom is -0.454 e. The number of ether oxygens (including phenoxy) is 2. The molecule has 11 heteroatoms. The zero-order valence-electron chi connectivity index (χ0n) is 18.6. The standard InChI is InChI=1S/C24H21F3N2O6/c1-13-16-10-14(6-7-15(16)20(30)35-29-13)28-21(31)23(32,24(25,26)27)11-22(8-3-9-22)17-4-2-5-18-19(17)34-12-33-18/h2,4-7,10,32H,3,8-9,11-12H2,1H3,(H,28,31). The normalized spacial score (nSPS) is 18.1. The fraction of sp³-hybridized carbons (Fsp3) is 0.375. The molecule has 184 valence electrons. The molecule has 1 atom stereocenters. The third-order valence-corrected chi connectivity index (χ3v) is 6.87. The quantitative estimate of drug-likeness (QED) is 0.557. The molecule has 3 aromatic rings. The largest absolute Gasteiger partial charge is 0.454 e. The van der Waals surface area contributed by atoms with E-state index in [1.165, 1.54) is 18.2 Å². The first-order chi connectivity index (χ1) is 16.5. The minimum absolute atomic E-state index is 0.0272. The number of hydrogen-bond donors (Lipinski definition) is 2. The summed E-state index contributed by atoms with van der Waals surface area (Å²) in [6, 6.07) is 8.84. The summed E-state index contributed by atoms with van der Waals surface area (Å²) in [4.78, 5) is 24.9. The van der Waals surface area contributed by atoms with Crippen molar-refractivity contribution in [2.75, 3.05) is 12.1 Å². The highest BCUT2D eigenvalue weighted by Gasteiger charge is 2.64. The second kappa shape index (κ2) is 7.98. The van der Waals surface area contributed by atoms with Gasteiger partial charge in [0.15, 0.2) is 11.5 Å². The van der Waals surface area contributed by atoms with Crippen LogP contribution in [0.4, 0.5) is 18.9 Å². The maximum atomic E-state index is 14.3. The monoisotopic (exact) mass is 490 g/mol. The third-order valence-electron chi connectivity index (χ3n) is 6.87. The SMILES string of the molecule is Cc1noc(=O)c2ccc(NC(=O)C(O)(CC3(c4cccc5c4OCO5)CCC3)C(F)(F)F)cc12. The number of alkyl halides is 3. The highest BCUT2D eigenvalue weighted by atomic mass is 19.4. The van der Waals surface area contributed by atoms with Crippen LogP contribution in [0.2, 0.25) is 0 Å². The van der Waals surface area contributed by atoms with Crippen molar-refractivity contribution in [2.45, 2.75) is 49.8 Å². The van der Waals surface area contributed by atoms with Crippen molar-refractivity contribution >= 4 is 22.4 Å². The lowest BCUT2D eigenvalue weighted by atomic mass is 9.59. The van der Waals surface area contributed by atoms with Crippen LogP contribution in [0.5, 0.6) is 11.5 Å². The van der Waals surface area contributed by atoms with Gasteiger partial charge < -0.3 is 24.4 Å². The number of aliphatic hydroxyl groups is 1. The van der Waals surface area contributed by atoms with E-state index in [1.54, 1.807) is 25.1 Å². The van der Waals surface area contributed by atoms with Gasteiger partial charge in [-0.15, -0.1) is 0 Å². The van der Waals surface area contributed by atoms with Crippen molar-refractivity contribution in [2.24, 2.45) is 0 Å². The summed E-state index contributed by atoms with van der Waals surface area (Å²) in [5, 5.41) is 17.2. The number of carbonyl (C=O) groups is 1. The molecule has 0 spiro atoms. The van der Waals surface area contributed by atoms with E-state index in [0.717, 1.165) is 0 Å². The zero-order valence-corrected chi connectivity index (χ0v) is 18.6. The number of carbonyl (C=O) groups excluding carboxylic acids is 1. The molecule has 1 amide bonds. The maximum Gasteiger partial charge on any atom is 0.426 e. The van der Waals surface area contributed by atoms with Crippen LogP contribution in [0, 0.1) is 6.92 Å². The minimum atomic E-state index is -5.26. The zero-order chi connectivity index (χ0) is 25.0. The molecule has 5 rings (SSSR count). The van der Waals surface area contributed by atoms with Crippen molar-refractivity contribution in [3.8, 4) is 11.5 Å². The van der Waals surface area contributed by atoms with Crippen molar-refractivity contribution in [3.63, 3.8) is 0 Å². The van der Waals surface area contributed by atoms with Crippen molar-refractivity contribution in [1.29, 1.82) is 0 Å². The van der Waals surface area contributed by atoms with Crippen LogP contribution in [0.3, 0.4) is 0 Å². The Hall–Kier alpha value is -3.60. The van der Waals surface area contributed by atoms with E-state index in [-0.39, 0.29) is 17.9 Å². The molecule has 1 saturated carbocycles. The van der Waals surface area contributed by atoms with Gasteiger partial charge in [0, 0.05) is 28.5 Å². The van der Waals surface area contributed by atoms with Gasteiger partial charge >= 0.3 is 11.8 Å². The predicted octanol–water partition coefficient (Wildman–Crippen LogP) is 3.97. The molecule has 8 nitrogen and oxygen atoms in total. The predicted molar refractivity (Wildman–Crippen MR) is 117 cm³/mol. The van der Waals surface area contributed by atoms with E-state index in [0.29, 0.717) is 47.4 Å². The van der Waals surface area contributed by atoms with Gasteiger partial charge in [-0.2, -0.15) is 13.2 Å². The number of hydrogen-bond acceptors (Lipinski definition) is 7. The van der Waals surface area contributed by atoms with Crippen LogP contribution < -0.4 is 20.4 Å². The summed E-state index contributed by atoms with van der Waals surface area (Å²) in [5.41, 5.74) is -4.76. The fourth-order valence-electron chi connectivity index (χ4n) is 4.83. The molecule has 1 aliphatic heterocycles. The highest BCUT2D eigenvalue weighted by Crippen LogP contribution is 2.56. The Kier molecular flexibility index (Phi) is 5.28. The maximum absolute atomic E-state index is 14.3. The lowest BCUT2D eigenvalue weighted by molar-refractivity contribution is -0.257. The molecule has 1 fully saturated rings. The first-order valence-corrected chi connectivity index (χ1v) is 10.9. The smallest absolute Gasteiger partial charge is 0.426 e. The van der Waals surface area contributed by atoms with E-state index in [1.807, 2.05) is 0 Å². The molecular formula is C24H21F3N2O6. The number of halogens is 3. The molecule has 0 bridgehead atoms. The number of nitrogens with zero attached hydrogens (tertiary/aromatic N) is 1. The van der Waals surface area contributed by atoms with Gasteiger partial charge in [0.1, 0.15) is 0 Å². The number of aromatic nitrogens is 1. The number of fused-ring (bicyclic) bond motifs is 2. The van der Waals surface area contributed by atoms with Crippen molar-refractivity contribution in [1.82, 2.24) is 5.16 Å². The van der Waals surface area contributed by atoms with Crippen LogP contribution in [0.25, 0.3) is 10.8 Å².